The van der Waals surface area contributed by atoms with E-state index in [4.69, 9.17) is 4.74 Å². The number of hydrogen-bond donors (Lipinski definition) is 1. The second kappa shape index (κ2) is 9.16. The Morgan fingerprint density at radius 2 is 1.97 bits per heavy atom. The molecule has 33 heavy (non-hydrogen) atoms. The highest BCUT2D eigenvalue weighted by Gasteiger charge is 2.27. The fraction of sp³-hybridized carbons (Fsp3) is 0.259. The molecule has 168 valence electrons. The highest BCUT2D eigenvalue weighted by Crippen LogP contribution is 2.25. The molecule has 1 aliphatic heterocycles. The van der Waals surface area contributed by atoms with Gasteiger partial charge in [-0.15, -0.1) is 0 Å². The molecule has 2 aromatic carbocycles. The number of nitrogens with zero attached hydrogens (tertiary/aromatic N) is 2. The Bertz CT molecular complexity index is 1300. The minimum Gasteiger partial charge on any atom is -0.368 e. The maximum Gasteiger partial charge on any atom is 0.227 e. The van der Waals surface area contributed by atoms with Crippen molar-refractivity contribution in [3.05, 3.63) is 101 Å². The predicted molar refractivity (Wildman–Crippen MR) is 125 cm³/mol. The number of carbonyl (C=O) groups excluding carboxylic acids is 1. The summed E-state index contributed by atoms with van der Waals surface area (Å²) in [5, 5.41) is 1.08. The molecule has 1 unspecified atom stereocenters. The van der Waals surface area contributed by atoms with Crippen LogP contribution < -0.4 is 0 Å². The number of para-hydroxylation sites is 1. The molecule has 1 fully saturated rings. The smallest absolute Gasteiger partial charge is 0.227 e. The van der Waals surface area contributed by atoms with Crippen molar-refractivity contribution in [1.82, 2.24) is 14.9 Å². The molecule has 1 aliphatic rings. The monoisotopic (exact) mass is 443 g/mol. The van der Waals surface area contributed by atoms with Gasteiger partial charge in [0.2, 0.25) is 5.91 Å². The van der Waals surface area contributed by atoms with Crippen molar-refractivity contribution < 1.29 is 13.9 Å². The van der Waals surface area contributed by atoms with Crippen LogP contribution in [-0.2, 0) is 22.4 Å². The lowest BCUT2D eigenvalue weighted by atomic mass is 10.0. The summed E-state index contributed by atoms with van der Waals surface area (Å²) in [4.78, 5) is 22.9. The van der Waals surface area contributed by atoms with E-state index in [9.17, 15) is 9.18 Å². The maximum absolute atomic E-state index is 14.1. The van der Waals surface area contributed by atoms with E-state index in [0.29, 0.717) is 38.1 Å². The van der Waals surface area contributed by atoms with Crippen molar-refractivity contribution in [3.8, 4) is 0 Å². The van der Waals surface area contributed by atoms with Crippen molar-refractivity contribution in [2.75, 3.05) is 19.7 Å². The summed E-state index contributed by atoms with van der Waals surface area (Å²) in [6.07, 6.45) is 2.44. The third-order valence-electron chi connectivity index (χ3n) is 6.15. The molecule has 6 heteroatoms. The summed E-state index contributed by atoms with van der Waals surface area (Å²) in [6, 6.07) is 18.8. The third kappa shape index (κ3) is 4.66. The first kappa shape index (κ1) is 21.3. The van der Waals surface area contributed by atoms with Gasteiger partial charge in [-0.05, 0) is 47.9 Å². The van der Waals surface area contributed by atoms with Gasteiger partial charge in [-0.3, -0.25) is 9.78 Å². The number of aromatic amines is 1. The Hall–Kier alpha value is -3.51. The van der Waals surface area contributed by atoms with Crippen LogP contribution in [0, 0.1) is 12.7 Å². The molecule has 5 rings (SSSR count). The molecule has 0 radical (unpaired) electrons. The number of H-pyrrole nitrogens is 1. The number of nitrogens with one attached hydrogen (secondary N) is 1. The molecule has 1 saturated heterocycles. The summed E-state index contributed by atoms with van der Waals surface area (Å²) in [5.74, 6) is -0.135. The summed E-state index contributed by atoms with van der Waals surface area (Å²) >= 11 is 0. The van der Waals surface area contributed by atoms with E-state index in [1.807, 2.05) is 60.5 Å². The quantitative estimate of drug-likeness (QED) is 0.485. The number of ether oxygens (including phenoxy) is 1. The molecular formula is C27H26FN3O2. The lowest BCUT2D eigenvalue weighted by molar-refractivity contribution is -0.138. The van der Waals surface area contributed by atoms with Gasteiger partial charge < -0.3 is 14.6 Å². The van der Waals surface area contributed by atoms with Crippen molar-refractivity contribution in [1.29, 1.82) is 0 Å². The normalized spacial score (nSPS) is 16.3. The van der Waals surface area contributed by atoms with E-state index in [1.54, 1.807) is 12.1 Å². The van der Waals surface area contributed by atoms with E-state index in [2.05, 4.69) is 9.97 Å². The first-order valence-electron chi connectivity index (χ1n) is 11.2. The fourth-order valence-electron chi connectivity index (χ4n) is 4.50. The molecule has 5 nitrogen and oxygen atoms in total. The zero-order valence-corrected chi connectivity index (χ0v) is 18.6. The number of aromatic nitrogens is 2. The van der Waals surface area contributed by atoms with E-state index in [1.165, 1.54) is 6.07 Å². The third-order valence-corrected chi connectivity index (χ3v) is 6.15. The van der Waals surface area contributed by atoms with Crippen molar-refractivity contribution >= 4 is 16.8 Å². The summed E-state index contributed by atoms with van der Waals surface area (Å²) in [7, 11) is 0. The SMILES string of the molecule is Cc1cc(Cc2ccccc2F)cc(C2CN(C(=O)Cc3c[nH]c4ccccc34)CCO2)n1. The Kier molecular flexibility index (Phi) is 5.92. The number of carbonyl (C=O) groups is 1. The van der Waals surface area contributed by atoms with Crippen molar-refractivity contribution in [2.24, 2.45) is 0 Å². The fourth-order valence-corrected chi connectivity index (χ4v) is 4.50. The van der Waals surface area contributed by atoms with Gasteiger partial charge >= 0.3 is 0 Å². The average Bonchev–Trinajstić information content (AvgIpc) is 3.23. The van der Waals surface area contributed by atoms with E-state index < -0.39 is 0 Å². The standard InChI is InChI=1S/C27H26FN3O2/c1-18-12-19(13-20-6-2-4-8-23(20)28)14-25(30-18)26-17-31(10-11-33-26)27(32)15-21-16-29-24-9-5-3-7-22(21)24/h2-9,12,14,16,26,29H,10-11,13,15,17H2,1H3. The molecule has 0 saturated carbocycles. The van der Waals surface area contributed by atoms with Crippen LogP contribution in [0.4, 0.5) is 4.39 Å². The summed E-state index contributed by atoms with van der Waals surface area (Å²) < 4.78 is 20.1. The van der Waals surface area contributed by atoms with Gasteiger partial charge in [-0.2, -0.15) is 0 Å². The molecule has 0 bridgehead atoms. The number of fused-ring (bicyclic) bond motifs is 1. The van der Waals surface area contributed by atoms with Gasteiger partial charge in [0.05, 0.1) is 25.3 Å². The van der Waals surface area contributed by atoms with Crippen LogP contribution in [0.2, 0.25) is 0 Å². The van der Waals surface area contributed by atoms with Crippen LogP contribution in [0.3, 0.4) is 0 Å². The molecule has 3 heterocycles. The van der Waals surface area contributed by atoms with Crippen LogP contribution in [-0.4, -0.2) is 40.5 Å². The lowest BCUT2D eigenvalue weighted by Gasteiger charge is -2.33. The highest BCUT2D eigenvalue weighted by molar-refractivity contribution is 5.88. The first-order chi connectivity index (χ1) is 16.1. The molecule has 0 aliphatic carbocycles. The number of rotatable bonds is 5. The van der Waals surface area contributed by atoms with Gasteiger partial charge in [0.1, 0.15) is 11.9 Å². The minimum absolute atomic E-state index is 0.0762. The molecule has 2 aromatic heterocycles. The van der Waals surface area contributed by atoms with Gasteiger partial charge in [-0.1, -0.05) is 36.4 Å². The lowest BCUT2D eigenvalue weighted by Crippen LogP contribution is -2.43. The average molecular weight is 444 g/mol. The number of halogens is 1. The number of pyridine rings is 1. The van der Waals surface area contributed by atoms with Gasteiger partial charge in [0.15, 0.2) is 0 Å². The number of amides is 1. The topological polar surface area (TPSA) is 58.2 Å². The molecule has 1 N–H and O–H groups in total. The van der Waals surface area contributed by atoms with Gasteiger partial charge in [-0.25, -0.2) is 4.39 Å². The largest absolute Gasteiger partial charge is 0.368 e. The molecule has 4 aromatic rings. The maximum atomic E-state index is 14.1. The van der Waals surface area contributed by atoms with Crippen molar-refractivity contribution in [2.45, 2.75) is 25.9 Å². The van der Waals surface area contributed by atoms with Crippen LogP contribution >= 0.6 is 0 Å². The van der Waals surface area contributed by atoms with Crippen LogP contribution in [0.25, 0.3) is 10.9 Å². The Morgan fingerprint density at radius 1 is 1.15 bits per heavy atom. The summed E-state index contributed by atoms with van der Waals surface area (Å²) in [5.41, 5.74) is 5.30. The molecule has 1 amide bonds. The highest BCUT2D eigenvalue weighted by atomic mass is 19.1. The second-order valence-electron chi connectivity index (χ2n) is 8.55. The molecule has 0 spiro atoms. The Balaban J connectivity index is 1.31. The second-order valence-corrected chi connectivity index (χ2v) is 8.55. The van der Waals surface area contributed by atoms with Crippen molar-refractivity contribution in [3.63, 3.8) is 0 Å². The zero-order valence-electron chi connectivity index (χ0n) is 18.6. The van der Waals surface area contributed by atoms with Crippen LogP contribution in [0.15, 0.2) is 66.9 Å². The number of aryl methyl sites for hydroxylation is 1. The Labute approximate surface area is 192 Å². The molecule has 1 atom stereocenters. The summed E-state index contributed by atoms with van der Waals surface area (Å²) in [6.45, 7) is 3.40. The first-order valence-corrected chi connectivity index (χ1v) is 11.2. The predicted octanol–water partition coefficient (Wildman–Crippen LogP) is 4.74. The minimum atomic E-state index is -0.301. The van der Waals surface area contributed by atoms with E-state index in [-0.39, 0.29) is 17.8 Å². The number of morpholine rings is 1. The van der Waals surface area contributed by atoms with Crippen LogP contribution in [0.1, 0.15) is 34.2 Å². The molecular weight excluding hydrogens is 417 g/mol. The van der Waals surface area contributed by atoms with Gasteiger partial charge in [0, 0.05) is 35.8 Å². The zero-order chi connectivity index (χ0) is 22.8. The van der Waals surface area contributed by atoms with E-state index in [0.717, 1.165) is 33.4 Å². The Morgan fingerprint density at radius 3 is 2.85 bits per heavy atom. The van der Waals surface area contributed by atoms with Crippen LogP contribution in [0.5, 0.6) is 0 Å². The van der Waals surface area contributed by atoms with E-state index >= 15 is 0 Å². The number of hydrogen-bond acceptors (Lipinski definition) is 3. The van der Waals surface area contributed by atoms with Gasteiger partial charge in [0.25, 0.3) is 0 Å². The number of benzene rings is 2.